The molecule has 31 heavy (non-hydrogen) atoms. The zero-order chi connectivity index (χ0) is 21.2. The van der Waals surface area contributed by atoms with Gasteiger partial charge in [0.15, 0.2) is 0 Å². The van der Waals surface area contributed by atoms with E-state index in [0.717, 1.165) is 32.2 Å². The van der Waals surface area contributed by atoms with E-state index in [1.807, 2.05) is 84.9 Å². The maximum atomic E-state index is 12.9. The fourth-order valence-electron chi connectivity index (χ4n) is 3.54. The van der Waals surface area contributed by atoms with E-state index in [2.05, 4.69) is 11.4 Å². The van der Waals surface area contributed by atoms with Crippen LogP contribution in [-0.2, 0) is 6.61 Å². The Bertz CT molecular complexity index is 1380. The van der Waals surface area contributed by atoms with Crippen molar-refractivity contribution in [1.29, 1.82) is 0 Å². The Morgan fingerprint density at radius 2 is 1.61 bits per heavy atom. The first-order valence-corrected chi connectivity index (χ1v) is 11.1. The summed E-state index contributed by atoms with van der Waals surface area (Å²) < 4.78 is 6.80. The zero-order valence-electron chi connectivity index (χ0n) is 16.5. The molecule has 1 heterocycles. The van der Waals surface area contributed by atoms with Crippen molar-refractivity contribution in [2.75, 3.05) is 5.32 Å². The number of ether oxygens (including phenoxy) is 1. The van der Waals surface area contributed by atoms with Gasteiger partial charge in [0.1, 0.15) is 17.2 Å². The number of fused-ring (bicyclic) bond motifs is 3. The number of amides is 1. The van der Waals surface area contributed by atoms with Gasteiger partial charge in [-0.1, -0.05) is 72.3 Å². The molecule has 0 fully saturated rings. The molecule has 0 aliphatic carbocycles. The fourth-order valence-corrected chi connectivity index (χ4v) is 5.01. The van der Waals surface area contributed by atoms with Crippen molar-refractivity contribution in [3.05, 3.63) is 106 Å². The number of thiophene rings is 1. The molecule has 0 aliphatic heterocycles. The lowest BCUT2D eigenvalue weighted by Gasteiger charge is -2.08. The largest absolute Gasteiger partial charge is 0.489 e. The number of halogens is 1. The normalized spacial score (nSPS) is 11.0. The van der Waals surface area contributed by atoms with Gasteiger partial charge < -0.3 is 10.1 Å². The van der Waals surface area contributed by atoms with Crippen molar-refractivity contribution in [3.63, 3.8) is 0 Å². The van der Waals surface area contributed by atoms with E-state index in [9.17, 15) is 4.79 Å². The minimum atomic E-state index is -0.215. The average molecular weight is 444 g/mol. The Morgan fingerprint density at radius 3 is 2.42 bits per heavy atom. The van der Waals surface area contributed by atoms with Gasteiger partial charge in [-0.05, 0) is 46.7 Å². The second kappa shape index (κ2) is 8.42. The molecule has 1 amide bonds. The molecular weight excluding hydrogens is 426 g/mol. The Labute approximate surface area is 188 Å². The first kappa shape index (κ1) is 19.6. The molecule has 0 radical (unpaired) electrons. The van der Waals surface area contributed by atoms with Crippen LogP contribution in [0.15, 0.2) is 91.0 Å². The molecule has 0 spiro atoms. The number of benzene rings is 4. The molecule has 5 aromatic rings. The van der Waals surface area contributed by atoms with Gasteiger partial charge in [-0.3, -0.25) is 4.79 Å². The number of nitrogens with one attached hydrogen (secondary N) is 1. The lowest BCUT2D eigenvalue weighted by atomic mass is 10.1. The van der Waals surface area contributed by atoms with Crippen molar-refractivity contribution >= 4 is 55.4 Å². The summed E-state index contributed by atoms with van der Waals surface area (Å²) in [7, 11) is 0. The van der Waals surface area contributed by atoms with E-state index < -0.39 is 0 Å². The van der Waals surface area contributed by atoms with Crippen molar-refractivity contribution in [2.24, 2.45) is 0 Å². The molecule has 5 rings (SSSR count). The molecule has 4 aromatic carbocycles. The van der Waals surface area contributed by atoms with Gasteiger partial charge in [-0.25, -0.2) is 0 Å². The number of carbonyl (C=O) groups is 1. The molecule has 0 saturated carbocycles. The van der Waals surface area contributed by atoms with Crippen molar-refractivity contribution < 1.29 is 9.53 Å². The SMILES string of the molecule is O=C(Nc1ccc(OCc2ccccc2)cc1)c1sc2ccc3ccccc3c2c1Cl. The van der Waals surface area contributed by atoms with Gasteiger partial charge in [-0.2, -0.15) is 0 Å². The second-order valence-electron chi connectivity index (χ2n) is 7.16. The van der Waals surface area contributed by atoms with E-state index >= 15 is 0 Å². The summed E-state index contributed by atoms with van der Waals surface area (Å²) in [6, 6.07) is 29.5. The minimum absolute atomic E-state index is 0.215. The van der Waals surface area contributed by atoms with Gasteiger partial charge in [0, 0.05) is 15.8 Å². The molecular formula is C26H18ClNO2S. The highest BCUT2D eigenvalue weighted by Gasteiger charge is 2.19. The summed E-state index contributed by atoms with van der Waals surface area (Å²) in [5.41, 5.74) is 1.79. The summed E-state index contributed by atoms with van der Waals surface area (Å²) in [4.78, 5) is 13.4. The number of hydrogen-bond acceptors (Lipinski definition) is 3. The lowest BCUT2D eigenvalue weighted by molar-refractivity contribution is 0.103. The molecule has 152 valence electrons. The Kier molecular flexibility index (Phi) is 5.33. The first-order chi connectivity index (χ1) is 15.2. The van der Waals surface area contributed by atoms with Crippen LogP contribution in [0.2, 0.25) is 5.02 Å². The summed E-state index contributed by atoms with van der Waals surface area (Å²) in [5, 5.41) is 6.53. The molecule has 0 atom stereocenters. The van der Waals surface area contributed by atoms with Crippen LogP contribution in [0.5, 0.6) is 5.75 Å². The third kappa shape index (κ3) is 4.00. The first-order valence-electron chi connectivity index (χ1n) is 9.87. The highest BCUT2D eigenvalue weighted by molar-refractivity contribution is 7.22. The van der Waals surface area contributed by atoms with Gasteiger partial charge in [0.2, 0.25) is 0 Å². The number of anilines is 1. The van der Waals surface area contributed by atoms with E-state index in [0.29, 0.717) is 22.2 Å². The Morgan fingerprint density at radius 1 is 0.871 bits per heavy atom. The van der Waals surface area contributed by atoms with Gasteiger partial charge in [-0.15, -0.1) is 11.3 Å². The predicted octanol–water partition coefficient (Wildman–Crippen LogP) is 7.54. The maximum Gasteiger partial charge on any atom is 0.267 e. The molecule has 0 saturated heterocycles. The van der Waals surface area contributed by atoms with Gasteiger partial charge in [0.25, 0.3) is 5.91 Å². The number of carbonyl (C=O) groups excluding carboxylic acids is 1. The van der Waals surface area contributed by atoms with E-state index in [1.54, 1.807) is 0 Å². The van der Waals surface area contributed by atoms with E-state index in [-0.39, 0.29) is 5.91 Å². The van der Waals surface area contributed by atoms with Crippen LogP contribution in [0.1, 0.15) is 15.2 Å². The number of rotatable bonds is 5. The van der Waals surface area contributed by atoms with Crippen molar-refractivity contribution in [2.45, 2.75) is 6.61 Å². The third-order valence-corrected chi connectivity index (χ3v) is 6.73. The summed E-state index contributed by atoms with van der Waals surface area (Å²) >= 11 is 8.06. The van der Waals surface area contributed by atoms with Crippen LogP contribution >= 0.6 is 22.9 Å². The minimum Gasteiger partial charge on any atom is -0.489 e. The van der Waals surface area contributed by atoms with Crippen LogP contribution in [0.4, 0.5) is 5.69 Å². The average Bonchev–Trinajstić information content (AvgIpc) is 3.16. The van der Waals surface area contributed by atoms with Crippen LogP contribution in [-0.4, -0.2) is 5.91 Å². The molecule has 1 N–H and O–H groups in total. The second-order valence-corrected chi connectivity index (χ2v) is 8.59. The molecule has 0 bridgehead atoms. The van der Waals surface area contributed by atoms with Crippen LogP contribution in [0.25, 0.3) is 20.9 Å². The summed E-state index contributed by atoms with van der Waals surface area (Å²) in [6.07, 6.45) is 0. The third-order valence-electron chi connectivity index (χ3n) is 5.09. The zero-order valence-corrected chi connectivity index (χ0v) is 18.0. The molecule has 0 aliphatic rings. The summed E-state index contributed by atoms with van der Waals surface area (Å²) in [6.45, 7) is 0.498. The van der Waals surface area contributed by atoms with Gasteiger partial charge in [0.05, 0.1) is 5.02 Å². The van der Waals surface area contributed by atoms with Gasteiger partial charge >= 0.3 is 0 Å². The highest BCUT2D eigenvalue weighted by Crippen LogP contribution is 2.40. The van der Waals surface area contributed by atoms with Crippen LogP contribution in [0, 0.1) is 0 Å². The fraction of sp³-hybridized carbons (Fsp3) is 0.0385. The van der Waals surface area contributed by atoms with Crippen LogP contribution < -0.4 is 10.1 Å². The smallest absolute Gasteiger partial charge is 0.267 e. The van der Waals surface area contributed by atoms with E-state index in [1.165, 1.54) is 11.3 Å². The molecule has 0 unspecified atom stereocenters. The summed E-state index contributed by atoms with van der Waals surface area (Å²) in [5.74, 6) is 0.529. The van der Waals surface area contributed by atoms with Crippen molar-refractivity contribution in [3.8, 4) is 5.75 Å². The quantitative estimate of drug-likeness (QED) is 0.304. The standard InChI is InChI=1S/C26H18ClNO2S/c27-24-23-21-9-5-4-8-18(21)10-15-22(23)31-25(24)26(29)28-19-11-13-20(14-12-19)30-16-17-6-2-1-3-7-17/h1-15H,16H2,(H,28,29). The molecule has 3 nitrogen and oxygen atoms in total. The molecule has 5 heteroatoms. The van der Waals surface area contributed by atoms with Crippen LogP contribution in [0.3, 0.4) is 0 Å². The predicted molar refractivity (Wildman–Crippen MR) is 130 cm³/mol. The lowest BCUT2D eigenvalue weighted by Crippen LogP contribution is -2.10. The number of hydrogen-bond donors (Lipinski definition) is 1. The monoisotopic (exact) mass is 443 g/mol. The van der Waals surface area contributed by atoms with E-state index in [4.69, 9.17) is 16.3 Å². The topological polar surface area (TPSA) is 38.3 Å². The Balaban J connectivity index is 1.33. The maximum absolute atomic E-state index is 12.9. The van der Waals surface area contributed by atoms with Crippen molar-refractivity contribution in [1.82, 2.24) is 0 Å². The highest BCUT2D eigenvalue weighted by atomic mass is 35.5. The Hall–Kier alpha value is -3.34. The molecule has 1 aromatic heterocycles.